The number of aliphatic hydroxyl groups excluding tert-OH is 1. The molecule has 0 radical (unpaired) electrons. The Morgan fingerprint density at radius 1 is 1.00 bits per heavy atom. The van der Waals surface area contributed by atoms with E-state index in [0.29, 0.717) is 0 Å². The number of halogens is 1. The molecule has 0 aliphatic carbocycles. The molecule has 2 aromatic carbocycles. The second-order valence-electron chi connectivity index (χ2n) is 4.22. The van der Waals surface area contributed by atoms with Crippen LogP contribution in [0.1, 0.15) is 5.56 Å². The fourth-order valence-corrected chi connectivity index (χ4v) is 2.11. The van der Waals surface area contributed by atoms with Crippen LogP contribution >= 0.6 is 15.9 Å². The van der Waals surface area contributed by atoms with Gasteiger partial charge >= 0.3 is 0 Å². The van der Waals surface area contributed by atoms with Gasteiger partial charge in [0.05, 0.1) is 12.6 Å². The average molecular weight is 306 g/mol. The molecule has 2 rings (SSSR count). The van der Waals surface area contributed by atoms with Crippen molar-refractivity contribution in [3.05, 3.63) is 64.6 Å². The fourth-order valence-electron chi connectivity index (χ4n) is 1.84. The van der Waals surface area contributed by atoms with Gasteiger partial charge in [-0.3, -0.25) is 0 Å². The van der Waals surface area contributed by atoms with Crippen LogP contribution in [0, 0.1) is 0 Å². The minimum Gasteiger partial charge on any atom is -0.394 e. The normalized spacial score (nSPS) is 12.1. The largest absolute Gasteiger partial charge is 0.394 e. The highest BCUT2D eigenvalue weighted by molar-refractivity contribution is 9.10. The molecule has 0 fully saturated rings. The smallest absolute Gasteiger partial charge is 0.0636 e. The van der Waals surface area contributed by atoms with E-state index in [1.165, 1.54) is 5.56 Å². The van der Waals surface area contributed by atoms with Crippen molar-refractivity contribution < 1.29 is 5.11 Å². The highest BCUT2D eigenvalue weighted by Gasteiger charge is 2.07. The first-order valence-corrected chi connectivity index (χ1v) is 6.74. The Morgan fingerprint density at radius 3 is 2.28 bits per heavy atom. The summed E-state index contributed by atoms with van der Waals surface area (Å²) in [6.45, 7) is 0.116. The van der Waals surface area contributed by atoms with Crippen molar-refractivity contribution in [2.75, 3.05) is 11.9 Å². The van der Waals surface area contributed by atoms with E-state index in [4.69, 9.17) is 0 Å². The van der Waals surface area contributed by atoms with E-state index < -0.39 is 0 Å². The van der Waals surface area contributed by atoms with Crippen LogP contribution in [0.4, 0.5) is 5.69 Å². The molecule has 0 saturated carbocycles. The zero-order valence-electron chi connectivity index (χ0n) is 10.0. The molecule has 0 heterocycles. The van der Waals surface area contributed by atoms with E-state index in [0.717, 1.165) is 16.6 Å². The van der Waals surface area contributed by atoms with Gasteiger partial charge in [0.25, 0.3) is 0 Å². The maximum atomic E-state index is 9.43. The lowest BCUT2D eigenvalue weighted by Crippen LogP contribution is -2.26. The van der Waals surface area contributed by atoms with Crippen molar-refractivity contribution >= 4 is 21.6 Å². The van der Waals surface area contributed by atoms with Gasteiger partial charge in [-0.05, 0) is 36.2 Å². The first-order valence-electron chi connectivity index (χ1n) is 5.95. The minimum atomic E-state index is 0.0357. The van der Waals surface area contributed by atoms with Gasteiger partial charge < -0.3 is 10.4 Å². The Morgan fingerprint density at radius 2 is 1.67 bits per heavy atom. The number of hydrogen-bond donors (Lipinski definition) is 2. The molecule has 1 unspecified atom stereocenters. The van der Waals surface area contributed by atoms with Crippen LogP contribution in [0.3, 0.4) is 0 Å². The number of hydrogen-bond acceptors (Lipinski definition) is 2. The van der Waals surface area contributed by atoms with Gasteiger partial charge in [-0.25, -0.2) is 0 Å². The Kier molecular flexibility index (Phi) is 4.79. The lowest BCUT2D eigenvalue weighted by molar-refractivity contribution is 0.273. The second-order valence-corrected chi connectivity index (χ2v) is 5.14. The van der Waals surface area contributed by atoms with Crippen LogP contribution in [0.15, 0.2) is 59.1 Å². The molecule has 0 bridgehead atoms. The molecule has 0 saturated heterocycles. The molecular formula is C15H16BrNO. The Bertz CT molecular complexity index is 470. The van der Waals surface area contributed by atoms with Gasteiger partial charge in [0.15, 0.2) is 0 Å². The van der Waals surface area contributed by atoms with Crippen LogP contribution in [0.2, 0.25) is 0 Å². The number of aliphatic hydroxyl groups is 1. The van der Waals surface area contributed by atoms with Crippen molar-refractivity contribution in [2.45, 2.75) is 12.5 Å². The van der Waals surface area contributed by atoms with E-state index in [1.807, 2.05) is 42.5 Å². The van der Waals surface area contributed by atoms with Gasteiger partial charge in [-0.2, -0.15) is 0 Å². The number of rotatable bonds is 5. The minimum absolute atomic E-state index is 0.0357. The molecule has 3 heteroatoms. The van der Waals surface area contributed by atoms with Crippen molar-refractivity contribution in [1.82, 2.24) is 0 Å². The summed E-state index contributed by atoms with van der Waals surface area (Å²) < 4.78 is 1.05. The standard InChI is InChI=1S/C15H16BrNO/c16-13-6-8-14(9-7-13)17-15(11-18)10-12-4-2-1-3-5-12/h1-9,15,17-18H,10-11H2. The van der Waals surface area contributed by atoms with E-state index >= 15 is 0 Å². The first-order chi connectivity index (χ1) is 8.78. The van der Waals surface area contributed by atoms with Gasteiger partial charge in [-0.1, -0.05) is 46.3 Å². The molecule has 2 nitrogen and oxygen atoms in total. The van der Waals surface area contributed by atoms with E-state index in [-0.39, 0.29) is 12.6 Å². The summed E-state index contributed by atoms with van der Waals surface area (Å²) in [7, 11) is 0. The third-order valence-electron chi connectivity index (χ3n) is 2.76. The summed E-state index contributed by atoms with van der Waals surface area (Å²) >= 11 is 3.41. The number of nitrogens with one attached hydrogen (secondary N) is 1. The number of benzene rings is 2. The summed E-state index contributed by atoms with van der Waals surface area (Å²) in [5.41, 5.74) is 2.24. The molecule has 2 N–H and O–H groups in total. The van der Waals surface area contributed by atoms with Crippen LogP contribution in [-0.4, -0.2) is 17.8 Å². The summed E-state index contributed by atoms with van der Waals surface area (Å²) in [5.74, 6) is 0. The molecule has 2 aromatic rings. The monoisotopic (exact) mass is 305 g/mol. The van der Waals surface area contributed by atoms with Gasteiger partial charge in [-0.15, -0.1) is 0 Å². The van der Waals surface area contributed by atoms with E-state index in [9.17, 15) is 5.11 Å². The van der Waals surface area contributed by atoms with Crippen LogP contribution < -0.4 is 5.32 Å². The molecular weight excluding hydrogens is 290 g/mol. The van der Waals surface area contributed by atoms with Gasteiger partial charge in [0, 0.05) is 10.2 Å². The summed E-state index contributed by atoms with van der Waals surface area (Å²) in [5, 5.41) is 12.8. The molecule has 0 aromatic heterocycles. The molecule has 18 heavy (non-hydrogen) atoms. The zero-order chi connectivity index (χ0) is 12.8. The topological polar surface area (TPSA) is 32.3 Å². The first kappa shape index (κ1) is 13.1. The average Bonchev–Trinajstić information content (AvgIpc) is 2.41. The molecule has 0 aliphatic heterocycles. The lowest BCUT2D eigenvalue weighted by Gasteiger charge is -2.17. The quantitative estimate of drug-likeness (QED) is 0.886. The summed E-state index contributed by atoms with van der Waals surface area (Å²) in [6, 6.07) is 18.2. The lowest BCUT2D eigenvalue weighted by atomic mass is 10.1. The molecule has 0 spiro atoms. The van der Waals surface area contributed by atoms with Crippen molar-refractivity contribution in [3.8, 4) is 0 Å². The van der Waals surface area contributed by atoms with Crippen molar-refractivity contribution in [1.29, 1.82) is 0 Å². The van der Waals surface area contributed by atoms with Gasteiger partial charge in [0.1, 0.15) is 0 Å². The molecule has 0 aliphatic rings. The summed E-state index contributed by atoms with van der Waals surface area (Å²) in [4.78, 5) is 0. The predicted molar refractivity (Wildman–Crippen MR) is 78.8 cm³/mol. The van der Waals surface area contributed by atoms with E-state index in [2.05, 4.69) is 33.4 Å². The number of anilines is 1. The van der Waals surface area contributed by atoms with Crippen LogP contribution in [0.5, 0.6) is 0 Å². The summed E-state index contributed by atoms with van der Waals surface area (Å²) in [6.07, 6.45) is 0.813. The van der Waals surface area contributed by atoms with Gasteiger partial charge in [0.2, 0.25) is 0 Å². The highest BCUT2D eigenvalue weighted by atomic mass is 79.9. The molecule has 94 valence electrons. The zero-order valence-corrected chi connectivity index (χ0v) is 11.6. The SMILES string of the molecule is OCC(Cc1ccccc1)Nc1ccc(Br)cc1. The van der Waals surface area contributed by atoms with Crippen molar-refractivity contribution in [3.63, 3.8) is 0 Å². The predicted octanol–water partition coefficient (Wildman–Crippen LogP) is 3.46. The second kappa shape index (κ2) is 6.57. The maximum absolute atomic E-state index is 9.43. The fraction of sp³-hybridized carbons (Fsp3) is 0.200. The van der Waals surface area contributed by atoms with Crippen LogP contribution in [0.25, 0.3) is 0 Å². The van der Waals surface area contributed by atoms with Crippen molar-refractivity contribution in [2.24, 2.45) is 0 Å². The third-order valence-corrected chi connectivity index (χ3v) is 3.29. The molecule has 1 atom stereocenters. The van der Waals surface area contributed by atoms with Crippen LogP contribution in [-0.2, 0) is 6.42 Å². The maximum Gasteiger partial charge on any atom is 0.0636 e. The third kappa shape index (κ3) is 3.86. The Balaban J connectivity index is 1.99. The Labute approximate surface area is 116 Å². The Hall–Kier alpha value is -1.32. The van der Waals surface area contributed by atoms with E-state index in [1.54, 1.807) is 0 Å². The highest BCUT2D eigenvalue weighted by Crippen LogP contribution is 2.16. The molecule has 0 amide bonds.